The average molecular weight is 374 g/mol. The molecule has 2 heterocycles. The Labute approximate surface area is 154 Å². The lowest BCUT2D eigenvalue weighted by atomic mass is 10.3. The standard InChI is InChI=1S/C17H13Cl2N5O/c18-12-5-3-6-13(19)16(12)24-17(25)14-8-15(23-10-22-14)21-9-11-4-1-2-7-20-11/h1-8,10H,9H2,(H,24,25)(H,21,22,23). The van der Waals surface area contributed by atoms with Gasteiger partial charge in [0.25, 0.3) is 5.91 Å². The topological polar surface area (TPSA) is 79.8 Å². The van der Waals surface area contributed by atoms with Crippen LogP contribution in [-0.2, 0) is 6.54 Å². The van der Waals surface area contributed by atoms with Crippen LogP contribution in [0.15, 0.2) is 55.0 Å². The highest BCUT2D eigenvalue weighted by Gasteiger charge is 2.13. The number of anilines is 2. The van der Waals surface area contributed by atoms with E-state index in [0.29, 0.717) is 28.1 Å². The first-order valence-corrected chi connectivity index (χ1v) is 8.10. The molecule has 0 aliphatic heterocycles. The van der Waals surface area contributed by atoms with Gasteiger partial charge in [-0.25, -0.2) is 9.97 Å². The predicted octanol–water partition coefficient (Wildman–Crippen LogP) is 4.04. The van der Waals surface area contributed by atoms with Gasteiger partial charge < -0.3 is 10.6 Å². The normalized spacial score (nSPS) is 10.3. The van der Waals surface area contributed by atoms with Crippen LogP contribution in [0.5, 0.6) is 0 Å². The lowest BCUT2D eigenvalue weighted by Gasteiger charge is -2.09. The molecule has 8 heteroatoms. The van der Waals surface area contributed by atoms with Crippen LogP contribution in [0.3, 0.4) is 0 Å². The highest BCUT2D eigenvalue weighted by molar-refractivity contribution is 6.40. The molecule has 1 aromatic carbocycles. The molecule has 2 aromatic heterocycles. The van der Waals surface area contributed by atoms with E-state index in [1.807, 2.05) is 18.2 Å². The van der Waals surface area contributed by atoms with Crippen LogP contribution in [-0.4, -0.2) is 20.9 Å². The van der Waals surface area contributed by atoms with Gasteiger partial charge >= 0.3 is 0 Å². The minimum absolute atomic E-state index is 0.189. The molecule has 0 spiro atoms. The van der Waals surface area contributed by atoms with Crippen molar-refractivity contribution >= 4 is 40.6 Å². The maximum atomic E-state index is 12.4. The highest BCUT2D eigenvalue weighted by atomic mass is 35.5. The van der Waals surface area contributed by atoms with Gasteiger partial charge in [-0.3, -0.25) is 9.78 Å². The second kappa shape index (κ2) is 7.92. The number of carbonyl (C=O) groups excluding carboxylic acids is 1. The molecule has 3 aromatic rings. The van der Waals surface area contributed by atoms with Crippen molar-refractivity contribution in [3.05, 3.63) is 76.4 Å². The van der Waals surface area contributed by atoms with E-state index < -0.39 is 5.91 Å². The zero-order chi connectivity index (χ0) is 17.6. The van der Waals surface area contributed by atoms with Gasteiger partial charge in [0.05, 0.1) is 28.0 Å². The number of rotatable bonds is 5. The Balaban J connectivity index is 1.71. The summed E-state index contributed by atoms with van der Waals surface area (Å²) in [7, 11) is 0. The average Bonchev–Trinajstić information content (AvgIpc) is 2.64. The number of pyridine rings is 1. The number of nitrogens with zero attached hydrogens (tertiary/aromatic N) is 3. The van der Waals surface area contributed by atoms with Gasteiger partial charge in [0.15, 0.2) is 0 Å². The fraction of sp³-hybridized carbons (Fsp3) is 0.0588. The third-order valence-electron chi connectivity index (χ3n) is 3.28. The molecule has 25 heavy (non-hydrogen) atoms. The number of nitrogens with one attached hydrogen (secondary N) is 2. The van der Waals surface area contributed by atoms with Crippen LogP contribution in [0.4, 0.5) is 11.5 Å². The van der Waals surface area contributed by atoms with E-state index in [1.54, 1.807) is 30.5 Å². The monoisotopic (exact) mass is 373 g/mol. The van der Waals surface area contributed by atoms with E-state index in [9.17, 15) is 4.79 Å². The summed E-state index contributed by atoms with van der Waals surface area (Å²) in [5.41, 5.74) is 1.39. The number of para-hydroxylation sites is 1. The fourth-order valence-corrected chi connectivity index (χ4v) is 2.55. The Bertz CT molecular complexity index is 869. The second-order valence-corrected chi connectivity index (χ2v) is 5.83. The van der Waals surface area contributed by atoms with Crippen molar-refractivity contribution in [3.8, 4) is 0 Å². The largest absolute Gasteiger partial charge is 0.364 e. The zero-order valence-corrected chi connectivity index (χ0v) is 14.4. The molecule has 0 radical (unpaired) electrons. The molecule has 2 N–H and O–H groups in total. The van der Waals surface area contributed by atoms with Crippen molar-refractivity contribution in [3.63, 3.8) is 0 Å². The summed E-state index contributed by atoms with van der Waals surface area (Å²) in [6.45, 7) is 0.481. The number of carbonyl (C=O) groups is 1. The first-order valence-electron chi connectivity index (χ1n) is 7.34. The Morgan fingerprint density at radius 2 is 1.80 bits per heavy atom. The van der Waals surface area contributed by atoms with Gasteiger partial charge in [0.1, 0.15) is 17.8 Å². The van der Waals surface area contributed by atoms with Crippen LogP contribution in [0, 0.1) is 0 Å². The smallest absolute Gasteiger partial charge is 0.274 e. The van der Waals surface area contributed by atoms with Crippen LogP contribution in [0.2, 0.25) is 10.0 Å². The first kappa shape index (κ1) is 17.1. The summed E-state index contributed by atoms with van der Waals surface area (Å²) in [4.78, 5) is 24.7. The van der Waals surface area contributed by atoms with Gasteiger partial charge in [-0.15, -0.1) is 0 Å². The van der Waals surface area contributed by atoms with Gasteiger partial charge in [0, 0.05) is 12.3 Å². The van der Waals surface area contributed by atoms with Crippen molar-refractivity contribution in [2.45, 2.75) is 6.54 Å². The molecule has 1 amide bonds. The molecule has 0 saturated carbocycles. The van der Waals surface area contributed by atoms with Crippen LogP contribution in [0.25, 0.3) is 0 Å². The highest BCUT2D eigenvalue weighted by Crippen LogP contribution is 2.30. The number of hydrogen-bond donors (Lipinski definition) is 2. The van der Waals surface area contributed by atoms with Crippen molar-refractivity contribution in [2.75, 3.05) is 10.6 Å². The molecule has 0 aliphatic carbocycles. The quantitative estimate of drug-likeness (QED) is 0.705. The number of amides is 1. The van der Waals surface area contributed by atoms with Crippen molar-refractivity contribution in [2.24, 2.45) is 0 Å². The Morgan fingerprint density at radius 1 is 1.00 bits per heavy atom. The van der Waals surface area contributed by atoms with Crippen LogP contribution >= 0.6 is 23.2 Å². The molecule has 0 bridgehead atoms. The number of benzene rings is 1. The number of hydrogen-bond acceptors (Lipinski definition) is 5. The summed E-state index contributed by atoms with van der Waals surface area (Å²) < 4.78 is 0. The van der Waals surface area contributed by atoms with E-state index >= 15 is 0 Å². The number of halogens is 2. The molecule has 0 fully saturated rings. The Kier molecular flexibility index (Phi) is 5.42. The van der Waals surface area contributed by atoms with Crippen molar-refractivity contribution in [1.82, 2.24) is 15.0 Å². The number of aromatic nitrogens is 3. The van der Waals surface area contributed by atoms with Crippen LogP contribution in [0.1, 0.15) is 16.2 Å². The third kappa shape index (κ3) is 4.43. The fourth-order valence-electron chi connectivity index (χ4n) is 2.06. The summed E-state index contributed by atoms with van der Waals surface area (Å²) in [6.07, 6.45) is 3.02. The van der Waals surface area contributed by atoms with Gasteiger partial charge in [0.2, 0.25) is 0 Å². The minimum atomic E-state index is -0.432. The molecule has 0 atom stereocenters. The summed E-state index contributed by atoms with van der Waals surface area (Å²) in [6, 6.07) is 12.2. The zero-order valence-electron chi connectivity index (χ0n) is 12.9. The molecule has 0 aliphatic rings. The van der Waals surface area contributed by atoms with Crippen molar-refractivity contribution in [1.29, 1.82) is 0 Å². The summed E-state index contributed by atoms with van der Waals surface area (Å²) >= 11 is 12.1. The molecule has 0 saturated heterocycles. The van der Waals surface area contributed by atoms with E-state index in [4.69, 9.17) is 23.2 Å². The predicted molar refractivity (Wildman–Crippen MR) is 98.0 cm³/mol. The molecule has 126 valence electrons. The maximum absolute atomic E-state index is 12.4. The molecule has 0 unspecified atom stereocenters. The van der Waals surface area contributed by atoms with E-state index in [1.165, 1.54) is 6.33 Å². The lowest BCUT2D eigenvalue weighted by Crippen LogP contribution is -2.15. The van der Waals surface area contributed by atoms with Gasteiger partial charge in [-0.1, -0.05) is 35.3 Å². The lowest BCUT2D eigenvalue weighted by molar-refractivity contribution is 0.102. The maximum Gasteiger partial charge on any atom is 0.274 e. The SMILES string of the molecule is O=C(Nc1c(Cl)cccc1Cl)c1cc(NCc2ccccn2)ncn1. The summed E-state index contributed by atoms with van der Waals surface area (Å²) in [5, 5.41) is 6.46. The van der Waals surface area contributed by atoms with Crippen LogP contribution < -0.4 is 10.6 Å². The Hall–Kier alpha value is -2.70. The van der Waals surface area contributed by atoms with Gasteiger partial charge in [-0.2, -0.15) is 0 Å². The van der Waals surface area contributed by atoms with Crippen molar-refractivity contribution < 1.29 is 4.79 Å². The second-order valence-electron chi connectivity index (χ2n) is 5.01. The molecular formula is C17H13Cl2N5O. The molecular weight excluding hydrogens is 361 g/mol. The Morgan fingerprint density at radius 3 is 2.52 bits per heavy atom. The molecule has 6 nitrogen and oxygen atoms in total. The van der Waals surface area contributed by atoms with Gasteiger partial charge in [-0.05, 0) is 24.3 Å². The van der Waals surface area contributed by atoms with E-state index in [-0.39, 0.29) is 5.69 Å². The minimum Gasteiger partial charge on any atom is -0.364 e. The molecule has 3 rings (SSSR count). The van der Waals surface area contributed by atoms with E-state index in [0.717, 1.165) is 5.69 Å². The first-order chi connectivity index (χ1) is 12.1. The summed E-state index contributed by atoms with van der Waals surface area (Å²) in [5.74, 6) is 0.0781. The third-order valence-corrected chi connectivity index (χ3v) is 3.91. The van der Waals surface area contributed by atoms with E-state index in [2.05, 4.69) is 25.6 Å².